The monoisotopic (exact) mass is 565 g/mol. The number of amides is 1. The number of pyridine rings is 1. The van der Waals surface area contributed by atoms with Gasteiger partial charge in [-0.15, -0.1) is 0 Å². The van der Waals surface area contributed by atoms with Crippen molar-refractivity contribution in [2.24, 2.45) is 0 Å². The Bertz CT molecular complexity index is 1540. The van der Waals surface area contributed by atoms with Crippen molar-refractivity contribution in [2.75, 3.05) is 49.6 Å². The average molecular weight is 566 g/mol. The molecule has 5 rings (SSSR count). The molecule has 1 N–H and O–H groups in total. The van der Waals surface area contributed by atoms with Crippen LogP contribution in [0.4, 0.5) is 11.5 Å². The van der Waals surface area contributed by atoms with E-state index in [-0.39, 0.29) is 27.8 Å². The highest BCUT2D eigenvalue weighted by molar-refractivity contribution is 8.26. The molecular weight excluding hydrogens is 538 g/mol. The third-order valence-corrected chi connectivity index (χ3v) is 8.08. The maximum absolute atomic E-state index is 13.7. The van der Waals surface area contributed by atoms with Gasteiger partial charge in [0, 0.05) is 44.6 Å². The van der Waals surface area contributed by atoms with Crippen LogP contribution < -0.4 is 20.1 Å². The van der Waals surface area contributed by atoms with E-state index in [1.54, 1.807) is 19.4 Å². The van der Waals surface area contributed by atoms with E-state index in [1.807, 2.05) is 43.3 Å². The Balaban J connectivity index is 1.48. The third kappa shape index (κ3) is 5.48. The molecular formula is C27H27N5O5S2. The van der Waals surface area contributed by atoms with E-state index in [1.165, 1.54) is 9.30 Å². The van der Waals surface area contributed by atoms with Crippen LogP contribution in [0, 0.1) is 6.92 Å². The van der Waals surface area contributed by atoms with E-state index in [2.05, 4.69) is 9.80 Å². The number of piperazine rings is 1. The highest BCUT2D eigenvalue weighted by atomic mass is 32.2. The molecule has 4 heterocycles. The Morgan fingerprint density at radius 2 is 1.79 bits per heavy atom. The Kier molecular flexibility index (Phi) is 7.58. The van der Waals surface area contributed by atoms with E-state index in [9.17, 15) is 14.4 Å². The number of hydrogen-bond donors (Lipinski definition) is 1. The molecule has 10 nitrogen and oxygen atoms in total. The Morgan fingerprint density at radius 3 is 2.46 bits per heavy atom. The first-order chi connectivity index (χ1) is 18.7. The Hall–Kier alpha value is -3.90. The summed E-state index contributed by atoms with van der Waals surface area (Å²) >= 11 is 6.40. The number of carbonyl (C=O) groups is 2. The molecule has 2 saturated heterocycles. The van der Waals surface area contributed by atoms with Crippen molar-refractivity contribution < 1.29 is 19.4 Å². The number of thioether (sulfide) groups is 1. The first-order valence-corrected chi connectivity index (χ1v) is 13.6. The molecule has 0 unspecified atom stereocenters. The van der Waals surface area contributed by atoms with Crippen LogP contribution in [0.5, 0.6) is 5.75 Å². The van der Waals surface area contributed by atoms with Gasteiger partial charge < -0.3 is 19.6 Å². The number of carboxylic acid groups (broad SMARTS) is 1. The van der Waals surface area contributed by atoms with Gasteiger partial charge in [-0.25, -0.2) is 4.98 Å². The molecule has 0 atom stereocenters. The van der Waals surface area contributed by atoms with E-state index >= 15 is 0 Å². The zero-order valence-electron chi connectivity index (χ0n) is 21.5. The molecule has 3 aromatic rings. The van der Waals surface area contributed by atoms with E-state index in [0.717, 1.165) is 41.9 Å². The number of hydrogen-bond acceptors (Lipinski definition) is 9. The third-order valence-electron chi connectivity index (χ3n) is 6.70. The number of carbonyl (C=O) groups excluding carboxylic acids is 1. The van der Waals surface area contributed by atoms with Crippen LogP contribution in [0.1, 0.15) is 17.5 Å². The van der Waals surface area contributed by atoms with Crippen LogP contribution in [-0.4, -0.2) is 75.4 Å². The Morgan fingerprint density at radius 1 is 1.10 bits per heavy atom. The number of aromatic nitrogens is 2. The smallest absolute Gasteiger partial charge is 0.305 e. The summed E-state index contributed by atoms with van der Waals surface area (Å²) in [7, 11) is 1.64. The molecule has 0 spiro atoms. The van der Waals surface area contributed by atoms with E-state index in [4.69, 9.17) is 27.0 Å². The number of aryl methyl sites for hydroxylation is 1. The minimum Gasteiger partial charge on any atom is -0.497 e. The number of thiocarbonyl (C=S) groups is 1. The van der Waals surface area contributed by atoms with Crippen LogP contribution in [0.15, 0.2) is 52.3 Å². The highest BCUT2D eigenvalue weighted by Gasteiger charge is 2.33. The molecule has 0 saturated carbocycles. The van der Waals surface area contributed by atoms with Crippen LogP contribution in [0.2, 0.25) is 0 Å². The highest BCUT2D eigenvalue weighted by Crippen LogP contribution is 2.34. The summed E-state index contributed by atoms with van der Waals surface area (Å²) in [5.74, 6) is -0.118. The summed E-state index contributed by atoms with van der Waals surface area (Å²) in [5.41, 5.74) is 2.52. The van der Waals surface area contributed by atoms with Gasteiger partial charge in [-0.05, 0) is 48.9 Å². The zero-order valence-corrected chi connectivity index (χ0v) is 23.1. The largest absolute Gasteiger partial charge is 0.497 e. The molecule has 202 valence electrons. The number of benzene rings is 1. The predicted molar refractivity (Wildman–Crippen MR) is 156 cm³/mol. The predicted octanol–water partition coefficient (Wildman–Crippen LogP) is 3.01. The lowest BCUT2D eigenvalue weighted by atomic mass is 10.2. The number of methoxy groups -OCH3 is 1. The summed E-state index contributed by atoms with van der Waals surface area (Å²) in [5, 5.41) is 9.03. The first-order valence-electron chi connectivity index (χ1n) is 12.4. The number of nitrogens with zero attached hydrogens (tertiary/aromatic N) is 5. The maximum Gasteiger partial charge on any atom is 0.305 e. The van der Waals surface area contributed by atoms with Gasteiger partial charge in [0.15, 0.2) is 0 Å². The fraction of sp³-hybridized carbons (Fsp3) is 0.296. The Labute approximate surface area is 234 Å². The van der Waals surface area contributed by atoms with Gasteiger partial charge in [-0.2, -0.15) is 0 Å². The second kappa shape index (κ2) is 11.1. The molecule has 1 aromatic carbocycles. The van der Waals surface area contributed by atoms with Crippen molar-refractivity contribution in [3.63, 3.8) is 0 Å². The summed E-state index contributed by atoms with van der Waals surface area (Å²) in [4.78, 5) is 48.6. The van der Waals surface area contributed by atoms with Crippen LogP contribution >= 0.6 is 24.0 Å². The van der Waals surface area contributed by atoms with Crippen molar-refractivity contribution in [1.29, 1.82) is 0 Å². The minimum atomic E-state index is -1.02. The molecule has 0 radical (unpaired) electrons. The molecule has 12 heteroatoms. The second-order valence-electron chi connectivity index (χ2n) is 9.24. The van der Waals surface area contributed by atoms with Crippen LogP contribution in [-0.2, 0) is 9.59 Å². The quantitative estimate of drug-likeness (QED) is 0.339. The number of aliphatic carboxylic acids is 1. The molecule has 1 amide bonds. The van der Waals surface area contributed by atoms with Crippen LogP contribution in [0.3, 0.4) is 0 Å². The summed E-state index contributed by atoms with van der Waals surface area (Å²) in [6, 6.07) is 11.6. The van der Waals surface area contributed by atoms with Crippen molar-refractivity contribution in [3.05, 3.63) is 69.0 Å². The van der Waals surface area contributed by atoms with E-state index < -0.39 is 11.9 Å². The molecule has 2 aliphatic rings. The van der Waals surface area contributed by atoms with Gasteiger partial charge in [-0.3, -0.25) is 23.7 Å². The van der Waals surface area contributed by atoms with Crippen LogP contribution in [0.25, 0.3) is 11.7 Å². The van der Waals surface area contributed by atoms with Gasteiger partial charge >= 0.3 is 5.97 Å². The standard InChI is InChI=1S/C27H27N5O5S2/c1-17-3-8-22-28-24(30-13-11-29(12-14-30)18-4-6-19(37-2)7-5-18)20(25(35)32(22)16-17)15-21-26(36)31(27(38)39-21)10-9-23(33)34/h3-8,15-16H,9-14H2,1-2H3,(H,33,34). The maximum atomic E-state index is 13.7. The topological polar surface area (TPSA) is 108 Å². The lowest BCUT2D eigenvalue weighted by Crippen LogP contribution is -2.47. The van der Waals surface area contributed by atoms with Crippen molar-refractivity contribution in [1.82, 2.24) is 14.3 Å². The normalized spacial score (nSPS) is 17.0. The van der Waals surface area contributed by atoms with Gasteiger partial charge in [0.05, 0.1) is 24.0 Å². The molecule has 2 aromatic heterocycles. The van der Waals surface area contributed by atoms with E-state index in [0.29, 0.717) is 30.1 Å². The number of fused-ring (bicyclic) bond motifs is 1. The average Bonchev–Trinajstić information content (AvgIpc) is 3.20. The van der Waals surface area contributed by atoms with Gasteiger partial charge in [0.1, 0.15) is 21.5 Å². The van der Waals surface area contributed by atoms with Crippen molar-refractivity contribution in [2.45, 2.75) is 13.3 Å². The lowest BCUT2D eigenvalue weighted by Gasteiger charge is -2.37. The van der Waals surface area contributed by atoms with Gasteiger partial charge in [0.2, 0.25) is 0 Å². The minimum absolute atomic E-state index is 0.0222. The van der Waals surface area contributed by atoms with Gasteiger partial charge in [0.25, 0.3) is 11.5 Å². The summed E-state index contributed by atoms with van der Waals surface area (Å²) in [6.07, 6.45) is 3.06. The second-order valence-corrected chi connectivity index (χ2v) is 10.9. The first kappa shape index (κ1) is 26.7. The van der Waals surface area contributed by atoms with Crippen molar-refractivity contribution >= 4 is 63.4 Å². The number of carboxylic acids is 1. The zero-order chi connectivity index (χ0) is 27.7. The fourth-order valence-electron chi connectivity index (χ4n) is 4.62. The molecule has 0 bridgehead atoms. The fourth-order valence-corrected chi connectivity index (χ4v) is 5.91. The number of anilines is 2. The molecule has 2 fully saturated rings. The van der Waals surface area contributed by atoms with Crippen molar-refractivity contribution in [3.8, 4) is 5.75 Å². The summed E-state index contributed by atoms with van der Waals surface area (Å²) in [6.45, 7) is 4.56. The summed E-state index contributed by atoms with van der Waals surface area (Å²) < 4.78 is 7.02. The number of rotatable bonds is 7. The van der Waals surface area contributed by atoms with Gasteiger partial charge in [-0.1, -0.05) is 30.0 Å². The molecule has 0 aliphatic carbocycles. The number of ether oxygens (including phenoxy) is 1. The molecule has 2 aliphatic heterocycles. The lowest BCUT2D eigenvalue weighted by molar-refractivity contribution is -0.137. The molecule has 39 heavy (non-hydrogen) atoms. The SMILES string of the molecule is COc1ccc(N2CCN(c3nc4ccc(C)cn4c(=O)c3C=C3SC(=S)N(CCC(=O)O)C3=O)CC2)cc1.